The Morgan fingerprint density at radius 2 is 1.38 bits per heavy atom. The first-order valence-electron chi connectivity index (χ1n) is 8.31. The molecule has 4 nitrogen and oxygen atoms in total. The van der Waals surface area contributed by atoms with Crippen molar-refractivity contribution in [3.63, 3.8) is 0 Å². The van der Waals surface area contributed by atoms with Crippen LogP contribution >= 0.6 is 0 Å². The van der Waals surface area contributed by atoms with Crippen molar-refractivity contribution >= 4 is 11.9 Å². The van der Waals surface area contributed by atoms with E-state index >= 15 is 0 Å². The van der Waals surface area contributed by atoms with Gasteiger partial charge < -0.3 is 9.47 Å². The predicted octanol–water partition coefficient (Wildman–Crippen LogP) is 3.94. The number of carbonyl (C=O) groups is 1. The fourth-order valence-electron chi connectivity index (χ4n) is 3.13. The van der Waals surface area contributed by atoms with Crippen LogP contribution in [-0.4, -0.2) is 19.0 Å². The maximum atomic E-state index is 13.1. The molecule has 1 aliphatic rings. The van der Waals surface area contributed by atoms with E-state index in [4.69, 9.17) is 14.5 Å². The Morgan fingerprint density at radius 1 is 0.808 bits per heavy atom. The van der Waals surface area contributed by atoms with E-state index in [1.807, 2.05) is 84.9 Å². The molecule has 0 spiro atoms. The molecule has 0 N–H and O–H groups in total. The molecule has 0 saturated heterocycles. The lowest BCUT2D eigenvalue weighted by Crippen LogP contribution is -2.32. The number of rotatable bonds is 4. The minimum Gasteiger partial charge on any atom is -0.497 e. The van der Waals surface area contributed by atoms with Gasteiger partial charge in [0.05, 0.1) is 7.11 Å². The van der Waals surface area contributed by atoms with Crippen LogP contribution in [-0.2, 0) is 15.1 Å². The zero-order chi connectivity index (χ0) is 18.0. The van der Waals surface area contributed by atoms with Gasteiger partial charge in [-0.25, -0.2) is 9.79 Å². The SMILES string of the molecule is COc1ccc(C2(c3ccccc3)N=C(c3ccccc3)OC2=O)cc1. The molecule has 1 aliphatic heterocycles. The average molecular weight is 343 g/mol. The molecule has 1 heterocycles. The number of carbonyl (C=O) groups excluding carboxylic acids is 1. The predicted molar refractivity (Wildman–Crippen MR) is 99.3 cm³/mol. The van der Waals surface area contributed by atoms with E-state index in [1.54, 1.807) is 7.11 Å². The first-order chi connectivity index (χ1) is 12.7. The molecule has 4 heteroatoms. The maximum Gasteiger partial charge on any atom is 0.350 e. The Labute approximate surface area is 151 Å². The third-order valence-corrected chi connectivity index (χ3v) is 4.47. The molecule has 0 fully saturated rings. The van der Waals surface area contributed by atoms with E-state index in [-0.39, 0.29) is 0 Å². The van der Waals surface area contributed by atoms with E-state index in [9.17, 15) is 4.79 Å². The molecule has 0 aromatic heterocycles. The highest BCUT2D eigenvalue weighted by atomic mass is 16.6. The molecule has 1 atom stereocenters. The van der Waals surface area contributed by atoms with Crippen molar-refractivity contribution in [1.29, 1.82) is 0 Å². The van der Waals surface area contributed by atoms with Gasteiger partial charge in [-0.2, -0.15) is 0 Å². The first-order valence-corrected chi connectivity index (χ1v) is 8.31. The number of aliphatic imine (C=N–C) groups is 1. The van der Waals surface area contributed by atoms with Gasteiger partial charge in [0.15, 0.2) is 0 Å². The van der Waals surface area contributed by atoms with E-state index in [0.717, 1.165) is 22.4 Å². The first kappa shape index (κ1) is 16.1. The number of benzene rings is 3. The second kappa shape index (κ2) is 6.48. The number of ether oxygens (including phenoxy) is 2. The zero-order valence-corrected chi connectivity index (χ0v) is 14.3. The quantitative estimate of drug-likeness (QED) is 0.674. The second-order valence-electron chi connectivity index (χ2n) is 5.98. The van der Waals surface area contributed by atoms with Gasteiger partial charge in [-0.3, -0.25) is 0 Å². The number of esters is 1. The highest BCUT2D eigenvalue weighted by molar-refractivity contribution is 6.09. The van der Waals surface area contributed by atoms with Gasteiger partial charge in [0, 0.05) is 5.56 Å². The highest BCUT2D eigenvalue weighted by Gasteiger charge is 2.49. The van der Waals surface area contributed by atoms with Crippen LogP contribution in [0.3, 0.4) is 0 Å². The molecule has 0 amide bonds. The summed E-state index contributed by atoms with van der Waals surface area (Å²) in [6.45, 7) is 0. The standard InChI is InChI=1S/C22H17NO3/c1-25-19-14-12-18(13-15-19)22(17-10-6-3-7-11-17)21(24)26-20(23-22)16-8-4-2-5-9-16/h2-15H,1H3. The van der Waals surface area contributed by atoms with Crippen LogP contribution in [0.4, 0.5) is 0 Å². The Morgan fingerprint density at radius 3 is 2.00 bits per heavy atom. The number of nitrogens with zero attached hydrogens (tertiary/aromatic N) is 1. The molecule has 128 valence electrons. The topological polar surface area (TPSA) is 47.9 Å². The molecular formula is C22H17NO3. The summed E-state index contributed by atoms with van der Waals surface area (Å²) in [5, 5.41) is 0. The lowest BCUT2D eigenvalue weighted by atomic mass is 9.83. The van der Waals surface area contributed by atoms with Crippen molar-refractivity contribution in [2.24, 2.45) is 4.99 Å². The molecule has 3 aromatic carbocycles. The summed E-state index contributed by atoms with van der Waals surface area (Å²) in [5.74, 6) is 0.638. The zero-order valence-electron chi connectivity index (χ0n) is 14.3. The number of cyclic esters (lactones) is 1. The van der Waals surface area contributed by atoms with E-state index in [1.165, 1.54) is 0 Å². The molecule has 26 heavy (non-hydrogen) atoms. The number of hydrogen-bond donors (Lipinski definition) is 0. The molecule has 0 bridgehead atoms. The second-order valence-corrected chi connectivity index (χ2v) is 5.98. The van der Waals surface area contributed by atoms with Crippen molar-refractivity contribution < 1.29 is 14.3 Å². The summed E-state index contributed by atoms with van der Waals surface area (Å²) in [5.41, 5.74) is 1.05. The Kier molecular flexibility index (Phi) is 4.01. The average Bonchev–Trinajstić information content (AvgIpc) is 3.08. The van der Waals surface area contributed by atoms with E-state index in [2.05, 4.69) is 0 Å². The number of hydrogen-bond acceptors (Lipinski definition) is 4. The molecule has 3 aromatic rings. The van der Waals surface area contributed by atoms with Crippen LogP contribution in [0, 0.1) is 0 Å². The van der Waals surface area contributed by atoms with Crippen LogP contribution in [0.2, 0.25) is 0 Å². The maximum absolute atomic E-state index is 13.1. The van der Waals surface area contributed by atoms with Crippen molar-refractivity contribution in [3.8, 4) is 5.75 Å². The fraction of sp³-hybridized carbons (Fsp3) is 0.0909. The minimum absolute atomic E-state index is 0.329. The van der Waals surface area contributed by atoms with Crippen LogP contribution in [0.5, 0.6) is 5.75 Å². The van der Waals surface area contributed by atoms with Crippen LogP contribution in [0.25, 0.3) is 0 Å². The van der Waals surface area contributed by atoms with Gasteiger partial charge in [-0.15, -0.1) is 0 Å². The van der Waals surface area contributed by atoms with Crippen molar-refractivity contribution in [1.82, 2.24) is 0 Å². The lowest BCUT2D eigenvalue weighted by molar-refractivity contribution is -0.137. The van der Waals surface area contributed by atoms with E-state index < -0.39 is 11.5 Å². The summed E-state index contributed by atoms with van der Waals surface area (Å²) >= 11 is 0. The third kappa shape index (κ3) is 2.56. The van der Waals surface area contributed by atoms with Gasteiger partial charge in [-0.05, 0) is 35.4 Å². The fourth-order valence-corrected chi connectivity index (χ4v) is 3.13. The smallest absolute Gasteiger partial charge is 0.350 e. The largest absolute Gasteiger partial charge is 0.497 e. The molecule has 0 saturated carbocycles. The van der Waals surface area contributed by atoms with Gasteiger partial charge in [0.1, 0.15) is 5.75 Å². The minimum atomic E-state index is -1.22. The molecule has 0 radical (unpaired) electrons. The third-order valence-electron chi connectivity index (χ3n) is 4.47. The van der Waals surface area contributed by atoms with Crippen molar-refractivity contribution in [3.05, 3.63) is 102 Å². The van der Waals surface area contributed by atoms with Gasteiger partial charge in [-0.1, -0.05) is 60.7 Å². The van der Waals surface area contributed by atoms with Gasteiger partial charge in [0.2, 0.25) is 11.4 Å². The van der Waals surface area contributed by atoms with Crippen molar-refractivity contribution in [2.75, 3.05) is 7.11 Å². The summed E-state index contributed by atoms with van der Waals surface area (Å²) in [4.78, 5) is 17.8. The summed E-state index contributed by atoms with van der Waals surface area (Å²) in [6, 6.07) is 26.3. The summed E-state index contributed by atoms with van der Waals surface area (Å²) in [6.07, 6.45) is 0. The summed E-state index contributed by atoms with van der Waals surface area (Å²) in [7, 11) is 1.61. The van der Waals surface area contributed by atoms with Gasteiger partial charge >= 0.3 is 5.97 Å². The van der Waals surface area contributed by atoms with Crippen molar-refractivity contribution in [2.45, 2.75) is 5.54 Å². The Bertz CT molecular complexity index is 950. The van der Waals surface area contributed by atoms with Crippen LogP contribution < -0.4 is 4.74 Å². The molecule has 1 unspecified atom stereocenters. The highest BCUT2D eigenvalue weighted by Crippen LogP contribution is 2.40. The molecule has 4 rings (SSSR count). The van der Waals surface area contributed by atoms with Crippen LogP contribution in [0.1, 0.15) is 16.7 Å². The molecule has 0 aliphatic carbocycles. The lowest BCUT2D eigenvalue weighted by Gasteiger charge is -2.23. The van der Waals surface area contributed by atoms with Gasteiger partial charge in [0.25, 0.3) is 0 Å². The normalized spacial score (nSPS) is 19.0. The molecular weight excluding hydrogens is 326 g/mol. The number of methoxy groups -OCH3 is 1. The summed E-state index contributed by atoms with van der Waals surface area (Å²) < 4.78 is 10.8. The van der Waals surface area contributed by atoms with E-state index in [0.29, 0.717) is 5.90 Å². The monoisotopic (exact) mass is 343 g/mol. The van der Waals surface area contributed by atoms with Crippen LogP contribution in [0.15, 0.2) is 89.9 Å². The Hall–Kier alpha value is -3.40. The Balaban J connectivity index is 1.91.